The summed E-state index contributed by atoms with van der Waals surface area (Å²) in [5.41, 5.74) is 5.35. The van der Waals surface area contributed by atoms with E-state index in [0.717, 1.165) is 58.0 Å². The highest BCUT2D eigenvalue weighted by Crippen LogP contribution is 2.44. The summed E-state index contributed by atoms with van der Waals surface area (Å²) in [6.45, 7) is 4.28. The number of para-hydroxylation sites is 1. The normalized spacial score (nSPS) is 24.0. The maximum absolute atomic E-state index is 13.9. The molecule has 3 aromatic carbocycles. The number of aliphatic hydroxyl groups is 1. The molecule has 10 nitrogen and oxygen atoms in total. The summed E-state index contributed by atoms with van der Waals surface area (Å²) in [6, 6.07) is 17.3. The van der Waals surface area contributed by atoms with Gasteiger partial charge in [-0.1, -0.05) is 61.2 Å². The van der Waals surface area contributed by atoms with Crippen LogP contribution >= 0.6 is 0 Å². The van der Waals surface area contributed by atoms with Crippen molar-refractivity contribution in [2.75, 3.05) is 20.8 Å². The first-order chi connectivity index (χ1) is 24.2. The molecule has 0 saturated heterocycles. The summed E-state index contributed by atoms with van der Waals surface area (Å²) >= 11 is 0. The van der Waals surface area contributed by atoms with E-state index in [1.165, 1.54) is 49.9 Å². The zero-order valence-electron chi connectivity index (χ0n) is 29.6. The lowest BCUT2D eigenvalue weighted by Gasteiger charge is -2.32. The van der Waals surface area contributed by atoms with Crippen LogP contribution in [-0.4, -0.2) is 66.0 Å². The fourth-order valence-corrected chi connectivity index (χ4v) is 10.3. The molecule has 0 amide bonds. The van der Waals surface area contributed by atoms with Gasteiger partial charge in [0.05, 0.1) is 19.7 Å². The first kappa shape index (κ1) is 34.9. The number of ether oxygens (including phenoxy) is 3. The van der Waals surface area contributed by atoms with Crippen molar-refractivity contribution in [1.82, 2.24) is 19.3 Å². The highest BCUT2D eigenvalue weighted by Gasteiger charge is 2.35. The third-order valence-corrected chi connectivity index (χ3v) is 13.3. The molecule has 2 saturated carbocycles. The summed E-state index contributed by atoms with van der Waals surface area (Å²) in [4.78, 5) is 0.176. The van der Waals surface area contributed by atoms with Gasteiger partial charge in [-0.3, -0.25) is 0 Å². The molecule has 2 aliphatic carbocycles. The Morgan fingerprint density at radius 1 is 0.960 bits per heavy atom. The van der Waals surface area contributed by atoms with Crippen LogP contribution < -0.4 is 9.47 Å². The van der Waals surface area contributed by atoms with Gasteiger partial charge in [-0.25, -0.2) is 13.1 Å². The van der Waals surface area contributed by atoms with Crippen molar-refractivity contribution in [2.45, 2.75) is 107 Å². The number of fused-ring (bicyclic) bond motifs is 2. The maximum Gasteiger partial charge on any atom is 0.247 e. The van der Waals surface area contributed by atoms with E-state index in [9.17, 15) is 13.5 Å². The van der Waals surface area contributed by atoms with Crippen molar-refractivity contribution in [3.05, 3.63) is 76.9 Å². The third-order valence-electron chi connectivity index (χ3n) is 11.4. The number of aliphatic hydroxyl groups excluding tert-OH is 1. The van der Waals surface area contributed by atoms with Gasteiger partial charge in [0.1, 0.15) is 33.5 Å². The highest BCUT2D eigenvalue weighted by molar-refractivity contribution is 7.89. The lowest BCUT2D eigenvalue weighted by atomic mass is 9.77. The third kappa shape index (κ3) is 6.89. The second kappa shape index (κ2) is 14.6. The molecule has 2 fully saturated rings. The van der Waals surface area contributed by atoms with Crippen LogP contribution in [0.25, 0.3) is 11.0 Å². The fraction of sp³-hybridized carbons (Fsp3) is 0.538. The molecule has 3 atom stereocenters. The number of hydrogen-bond acceptors (Lipinski definition) is 8. The largest absolute Gasteiger partial charge is 0.494 e. The number of nitrogens with zero attached hydrogens (tertiary/aromatic N) is 4. The SMILES string of the molecule is COc1cc([C@@H](CC(O)OC)c2ccc(C)c(CN3C[C@@H](C)Oc4ccccc4S3(=O)=O)c2)cc2nnn(C3CCC(C4CCCC4)CC3)c12. The molecule has 7 rings (SSSR count). The van der Waals surface area contributed by atoms with Crippen LogP contribution in [0, 0.1) is 18.8 Å². The smallest absolute Gasteiger partial charge is 0.247 e. The van der Waals surface area contributed by atoms with Gasteiger partial charge in [-0.15, -0.1) is 5.10 Å². The van der Waals surface area contributed by atoms with Crippen molar-refractivity contribution in [3.8, 4) is 11.5 Å². The lowest BCUT2D eigenvalue weighted by molar-refractivity contribution is -0.0802. The Labute approximate surface area is 295 Å². The molecule has 0 radical (unpaired) electrons. The quantitative estimate of drug-likeness (QED) is 0.174. The average molecular weight is 703 g/mol. The first-order valence-electron chi connectivity index (χ1n) is 18.1. The minimum absolute atomic E-state index is 0.176. The Hall–Kier alpha value is -3.51. The molecule has 1 aliphatic heterocycles. The number of methoxy groups -OCH3 is 2. The Balaban J connectivity index is 1.20. The van der Waals surface area contributed by atoms with Crippen molar-refractivity contribution in [1.29, 1.82) is 0 Å². The molecule has 2 heterocycles. The monoisotopic (exact) mass is 702 g/mol. The van der Waals surface area contributed by atoms with Gasteiger partial charge in [0.2, 0.25) is 10.0 Å². The fourth-order valence-electron chi connectivity index (χ4n) is 8.64. The summed E-state index contributed by atoms with van der Waals surface area (Å²) in [5.74, 6) is 2.51. The van der Waals surface area contributed by atoms with Crippen LogP contribution in [0.3, 0.4) is 0 Å². The van der Waals surface area contributed by atoms with E-state index in [-0.39, 0.29) is 36.4 Å². The van der Waals surface area contributed by atoms with E-state index in [1.54, 1.807) is 31.4 Å². The van der Waals surface area contributed by atoms with Gasteiger partial charge in [0, 0.05) is 26.0 Å². The first-order valence-corrected chi connectivity index (χ1v) is 19.6. The van der Waals surface area contributed by atoms with Crippen molar-refractivity contribution < 1.29 is 27.7 Å². The number of hydrogen-bond donors (Lipinski definition) is 1. The maximum atomic E-state index is 13.9. The summed E-state index contributed by atoms with van der Waals surface area (Å²) < 4.78 is 48.7. The van der Waals surface area contributed by atoms with Gasteiger partial charge < -0.3 is 19.3 Å². The molecule has 1 N–H and O–H groups in total. The molecule has 3 aliphatic rings. The summed E-state index contributed by atoms with van der Waals surface area (Å²) in [6.07, 6.45) is 9.16. The Kier molecular flexibility index (Phi) is 10.2. The number of aryl methyl sites for hydroxylation is 1. The molecule has 1 aromatic heterocycles. The predicted octanol–water partition coefficient (Wildman–Crippen LogP) is 7.13. The van der Waals surface area contributed by atoms with E-state index in [0.29, 0.717) is 17.5 Å². The molecule has 268 valence electrons. The number of benzene rings is 3. The molecular formula is C39H50N4O6S. The second-order valence-electron chi connectivity index (χ2n) is 14.6. The van der Waals surface area contributed by atoms with Gasteiger partial charge in [-0.2, -0.15) is 4.31 Å². The van der Waals surface area contributed by atoms with Crippen molar-refractivity contribution >= 4 is 21.1 Å². The standard InChI is InChI=1S/C39H50N4O6S/c1-25-13-14-29(19-31(25)24-42-23-26(2)49-35-11-7-8-12-37(35)50(42,45)46)33(22-38(44)48-4)30-20-34-39(36(21-30)47-3)43(41-40-34)32-17-15-28(16-18-32)27-9-5-6-10-27/h7-8,11-14,19-21,26-28,32-33,38,44H,5-6,9-10,15-18,22-24H2,1-4H3/t26-,28?,32?,33+,38?/m1/s1. The van der Waals surface area contributed by atoms with Crippen LogP contribution in [-0.2, 0) is 21.3 Å². The van der Waals surface area contributed by atoms with Crippen LogP contribution in [0.15, 0.2) is 59.5 Å². The Morgan fingerprint density at radius 3 is 2.44 bits per heavy atom. The lowest BCUT2D eigenvalue weighted by Crippen LogP contribution is -2.35. The minimum atomic E-state index is -3.81. The van der Waals surface area contributed by atoms with Crippen LogP contribution in [0.1, 0.15) is 98.9 Å². The zero-order chi connectivity index (χ0) is 35.0. The Bertz CT molecular complexity index is 1910. The van der Waals surface area contributed by atoms with E-state index >= 15 is 0 Å². The molecule has 0 spiro atoms. The van der Waals surface area contributed by atoms with E-state index < -0.39 is 16.3 Å². The van der Waals surface area contributed by atoms with Crippen LogP contribution in [0.2, 0.25) is 0 Å². The number of rotatable bonds is 10. The van der Waals surface area contributed by atoms with E-state index in [1.807, 2.05) is 38.1 Å². The summed E-state index contributed by atoms with van der Waals surface area (Å²) in [7, 11) is -0.638. The predicted molar refractivity (Wildman–Crippen MR) is 192 cm³/mol. The van der Waals surface area contributed by atoms with Gasteiger partial charge >= 0.3 is 0 Å². The number of sulfonamides is 1. The van der Waals surface area contributed by atoms with Gasteiger partial charge in [0.25, 0.3) is 0 Å². The molecular weight excluding hydrogens is 653 g/mol. The molecule has 1 unspecified atom stereocenters. The van der Waals surface area contributed by atoms with Gasteiger partial charge in [0.15, 0.2) is 6.29 Å². The van der Waals surface area contributed by atoms with Crippen molar-refractivity contribution in [2.24, 2.45) is 11.8 Å². The molecule has 0 bridgehead atoms. The number of aromatic nitrogens is 3. The zero-order valence-corrected chi connectivity index (χ0v) is 30.4. The Morgan fingerprint density at radius 2 is 1.70 bits per heavy atom. The highest BCUT2D eigenvalue weighted by atomic mass is 32.2. The van der Waals surface area contributed by atoms with Gasteiger partial charge in [-0.05, 0) is 97.9 Å². The minimum Gasteiger partial charge on any atom is -0.494 e. The second-order valence-corrected chi connectivity index (χ2v) is 16.5. The average Bonchev–Trinajstić information content (AvgIpc) is 3.80. The van der Waals surface area contributed by atoms with E-state index in [4.69, 9.17) is 14.2 Å². The van der Waals surface area contributed by atoms with E-state index in [2.05, 4.69) is 21.1 Å². The van der Waals surface area contributed by atoms with Crippen LogP contribution in [0.4, 0.5) is 0 Å². The molecule has 11 heteroatoms. The van der Waals surface area contributed by atoms with Crippen molar-refractivity contribution in [3.63, 3.8) is 0 Å². The van der Waals surface area contributed by atoms with Crippen LogP contribution in [0.5, 0.6) is 11.5 Å². The summed E-state index contributed by atoms with van der Waals surface area (Å²) in [5, 5.41) is 20.1. The molecule has 50 heavy (non-hydrogen) atoms. The topological polar surface area (TPSA) is 116 Å². The molecule has 4 aromatic rings.